The molecule has 110 valence electrons. The highest BCUT2D eigenvalue weighted by atomic mass is 35.5. The largest absolute Gasteiger partial charge is 0.0843 e. The maximum absolute atomic E-state index is 6.27. The third kappa shape index (κ3) is 2.81. The zero-order valence-corrected chi connectivity index (χ0v) is 13.7. The van der Waals surface area contributed by atoms with E-state index < -0.39 is 0 Å². The van der Waals surface area contributed by atoms with E-state index in [1.807, 2.05) is 48.5 Å². The molecule has 0 unspecified atom stereocenters. The minimum Gasteiger partial charge on any atom is -0.0843 e. The van der Waals surface area contributed by atoms with Crippen LogP contribution in [0.4, 0.5) is 0 Å². The first kappa shape index (κ1) is 14.6. The Hall–Kier alpha value is -2.02. The van der Waals surface area contributed by atoms with Crippen molar-refractivity contribution >= 4 is 44.7 Å². The molecule has 0 aromatic heterocycles. The quantitative estimate of drug-likeness (QED) is 0.379. The van der Waals surface area contributed by atoms with Gasteiger partial charge in [0.1, 0.15) is 0 Å². The Bertz CT molecular complexity index is 935. The molecule has 2 heteroatoms. The molecule has 0 spiro atoms. The van der Waals surface area contributed by atoms with Gasteiger partial charge in [0, 0.05) is 10.0 Å². The first-order valence-corrected chi connectivity index (χ1v) is 8.10. The summed E-state index contributed by atoms with van der Waals surface area (Å²) in [5, 5.41) is 5.87. The lowest BCUT2D eigenvalue weighted by atomic mass is 9.95. The minimum atomic E-state index is 0.706. The molecule has 0 aliphatic carbocycles. The summed E-state index contributed by atoms with van der Waals surface area (Å²) in [5.41, 5.74) is 1.95. The molecule has 0 bridgehead atoms. The van der Waals surface area contributed by atoms with Gasteiger partial charge in [0.2, 0.25) is 0 Å². The summed E-state index contributed by atoms with van der Waals surface area (Å²) in [6.07, 6.45) is 3.50. The Morgan fingerprint density at radius 2 is 1.00 bits per heavy atom. The molecule has 0 amide bonds. The fraction of sp³-hybridized carbons (Fsp3) is 0. The van der Waals surface area contributed by atoms with Crippen LogP contribution < -0.4 is 0 Å². The molecule has 4 rings (SSSR count). The first-order chi connectivity index (χ1) is 11.2. The van der Waals surface area contributed by atoms with Crippen molar-refractivity contribution in [3.05, 3.63) is 100 Å². The van der Waals surface area contributed by atoms with Crippen molar-refractivity contribution in [2.24, 2.45) is 0 Å². The number of halogens is 2. The second kappa shape index (κ2) is 5.88. The van der Waals surface area contributed by atoms with Crippen molar-refractivity contribution in [1.82, 2.24) is 0 Å². The molecule has 4 aromatic carbocycles. The van der Waals surface area contributed by atoms with Crippen molar-refractivity contribution in [2.75, 3.05) is 0 Å². The third-order valence-electron chi connectivity index (χ3n) is 3.92. The van der Waals surface area contributed by atoms with Crippen LogP contribution in [0.15, 0.2) is 72.8 Å². The average Bonchev–Trinajstić information content (AvgIpc) is 2.54. The molecule has 4 aromatic rings. The maximum atomic E-state index is 6.27. The molecule has 0 fully saturated rings. The van der Waals surface area contributed by atoms with Crippen molar-refractivity contribution in [1.29, 1.82) is 0 Å². The van der Waals surface area contributed by atoms with E-state index in [0.29, 0.717) is 10.0 Å². The third-order valence-corrected chi connectivity index (χ3v) is 4.36. The summed E-state index contributed by atoms with van der Waals surface area (Å²) in [6.45, 7) is 0. The van der Waals surface area contributed by atoms with E-state index in [9.17, 15) is 0 Å². The first-order valence-electron chi connectivity index (χ1n) is 7.34. The number of fused-ring (bicyclic) bond motifs is 2. The number of hydrogen-bond donors (Lipinski definition) is 0. The summed E-state index contributed by atoms with van der Waals surface area (Å²) >= 11 is 12.5. The van der Waals surface area contributed by atoms with E-state index >= 15 is 0 Å². The van der Waals surface area contributed by atoms with Gasteiger partial charge < -0.3 is 0 Å². The summed E-state index contributed by atoms with van der Waals surface area (Å²) in [6, 6.07) is 24.2. The van der Waals surface area contributed by atoms with Gasteiger partial charge in [-0.25, -0.2) is 0 Å². The summed E-state index contributed by atoms with van der Waals surface area (Å²) < 4.78 is 0. The van der Waals surface area contributed by atoms with Crippen LogP contribution >= 0.6 is 23.2 Å². The van der Waals surface area contributed by atoms with Crippen LogP contribution in [0, 0.1) is 6.42 Å². The van der Waals surface area contributed by atoms with E-state index in [1.165, 1.54) is 0 Å². The lowest BCUT2D eigenvalue weighted by Crippen LogP contribution is -1.90. The normalized spacial score (nSPS) is 11.2. The molecule has 23 heavy (non-hydrogen) atoms. The average molecular weight is 335 g/mol. The molecule has 0 atom stereocenters. The van der Waals surface area contributed by atoms with E-state index in [4.69, 9.17) is 23.2 Å². The van der Waals surface area contributed by atoms with Crippen LogP contribution in [0.25, 0.3) is 21.5 Å². The summed E-state index contributed by atoms with van der Waals surface area (Å²) in [7, 11) is 0. The lowest BCUT2D eigenvalue weighted by molar-refractivity contribution is 1.50. The fourth-order valence-corrected chi connectivity index (χ4v) is 3.35. The molecule has 0 saturated heterocycles. The van der Waals surface area contributed by atoms with Crippen LogP contribution in [0.5, 0.6) is 0 Å². The van der Waals surface area contributed by atoms with Gasteiger partial charge in [-0.1, -0.05) is 71.7 Å². The molecule has 0 nitrogen and oxygen atoms in total. The van der Waals surface area contributed by atoms with Gasteiger partial charge in [0.15, 0.2) is 0 Å². The highest BCUT2D eigenvalue weighted by Gasteiger charge is 2.09. The van der Waals surface area contributed by atoms with Gasteiger partial charge in [0.05, 0.1) is 6.42 Å². The predicted molar refractivity (Wildman–Crippen MR) is 99.4 cm³/mol. The van der Waals surface area contributed by atoms with E-state index in [2.05, 4.69) is 30.7 Å². The van der Waals surface area contributed by atoms with Gasteiger partial charge in [-0.05, 0) is 56.9 Å². The van der Waals surface area contributed by atoms with Crippen LogP contribution in [-0.2, 0) is 0 Å². The van der Waals surface area contributed by atoms with Crippen LogP contribution in [0.1, 0.15) is 11.1 Å². The molecule has 0 aliphatic heterocycles. The highest BCUT2D eigenvalue weighted by molar-refractivity contribution is 6.32. The van der Waals surface area contributed by atoms with Gasteiger partial charge >= 0.3 is 0 Å². The molecule has 0 saturated carbocycles. The minimum absolute atomic E-state index is 0.706. The van der Waals surface area contributed by atoms with Crippen molar-refractivity contribution in [2.45, 2.75) is 0 Å². The Morgan fingerprint density at radius 1 is 0.565 bits per heavy atom. The SMILES string of the molecule is Clc1cc([C]c2cc(Cl)cc3ccccc23)c2ccccc2c1. The van der Waals surface area contributed by atoms with E-state index in [-0.39, 0.29) is 0 Å². The van der Waals surface area contributed by atoms with Crippen molar-refractivity contribution in [3.63, 3.8) is 0 Å². The van der Waals surface area contributed by atoms with Gasteiger partial charge in [-0.3, -0.25) is 0 Å². The van der Waals surface area contributed by atoms with Crippen molar-refractivity contribution < 1.29 is 0 Å². The van der Waals surface area contributed by atoms with Gasteiger partial charge in [0.25, 0.3) is 0 Å². The second-order valence-corrected chi connectivity index (χ2v) is 6.35. The Kier molecular flexibility index (Phi) is 3.72. The zero-order chi connectivity index (χ0) is 15.8. The molecule has 0 aliphatic rings. The Morgan fingerprint density at radius 3 is 1.48 bits per heavy atom. The van der Waals surface area contributed by atoms with Crippen LogP contribution in [-0.4, -0.2) is 0 Å². The lowest BCUT2D eigenvalue weighted by Gasteiger charge is -2.10. The Labute approximate surface area is 145 Å². The van der Waals surface area contributed by atoms with Crippen LogP contribution in [0.3, 0.4) is 0 Å². The number of rotatable bonds is 2. The molecule has 2 radical (unpaired) electrons. The monoisotopic (exact) mass is 334 g/mol. The summed E-state index contributed by atoms with van der Waals surface area (Å²) in [4.78, 5) is 0. The smallest absolute Gasteiger partial charge is 0.0516 e. The standard InChI is InChI=1S/C21H12Cl2/c22-18-10-14-5-1-3-7-20(14)16(12-18)9-17-13-19(23)11-15-6-2-4-8-21(15)17/h1-8,10-13H. The van der Waals surface area contributed by atoms with Crippen LogP contribution in [0.2, 0.25) is 10.0 Å². The molecular weight excluding hydrogens is 323 g/mol. The fourth-order valence-electron chi connectivity index (χ4n) is 2.90. The molecule has 0 heterocycles. The molecule has 0 N–H and O–H groups in total. The number of hydrogen-bond acceptors (Lipinski definition) is 0. The van der Waals surface area contributed by atoms with Crippen molar-refractivity contribution in [3.8, 4) is 0 Å². The van der Waals surface area contributed by atoms with E-state index in [1.54, 1.807) is 0 Å². The summed E-state index contributed by atoms with van der Waals surface area (Å²) in [5.74, 6) is 0. The molecular formula is C21H12Cl2. The number of benzene rings is 4. The topological polar surface area (TPSA) is 0 Å². The Balaban J connectivity index is 1.92. The zero-order valence-electron chi connectivity index (χ0n) is 12.2. The predicted octanol–water partition coefficient (Wildman–Crippen LogP) is 6.78. The van der Waals surface area contributed by atoms with Gasteiger partial charge in [-0.2, -0.15) is 0 Å². The second-order valence-electron chi connectivity index (χ2n) is 5.47. The highest BCUT2D eigenvalue weighted by Crippen LogP contribution is 2.31. The van der Waals surface area contributed by atoms with E-state index in [0.717, 1.165) is 32.7 Å². The maximum Gasteiger partial charge on any atom is 0.0516 e. The van der Waals surface area contributed by atoms with Gasteiger partial charge in [-0.15, -0.1) is 0 Å².